The van der Waals surface area contributed by atoms with Gasteiger partial charge in [0, 0.05) is 0 Å². The number of nitrogens with zero attached hydrogens (tertiary/aromatic N) is 3. The third-order valence-corrected chi connectivity index (χ3v) is 1.12. The van der Waals surface area contributed by atoms with E-state index in [1.165, 1.54) is 0 Å². The van der Waals surface area contributed by atoms with E-state index in [4.69, 9.17) is 21.9 Å². The number of nitrogens with two attached hydrogens (primary N) is 3. The van der Waals surface area contributed by atoms with Gasteiger partial charge in [-0.25, -0.2) is 0 Å². The highest BCUT2D eigenvalue weighted by Crippen LogP contribution is 2.02. The van der Waals surface area contributed by atoms with Gasteiger partial charge in [0.05, 0.1) is 6.73 Å². The van der Waals surface area contributed by atoms with Gasteiger partial charge in [-0.05, 0) is 0 Å². The van der Waals surface area contributed by atoms with Crippen LogP contribution >= 0.6 is 0 Å². The fraction of sp³-hybridized carbons (Fsp3) is 0.400. The molecule has 72 valence electrons. The number of hydrogen-bond acceptors (Lipinski definition) is 8. The Morgan fingerprint density at radius 3 is 2.31 bits per heavy atom. The van der Waals surface area contributed by atoms with Crippen molar-refractivity contribution in [1.29, 1.82) is 0 Å². The molecule has 0 spiro atoms. The minimum atomic E-state index is 0.0581. The normalized spacial score (nSPS) is 9.92. The number of nitrogens with one attached hydrogen (secondary N) is 1. The molecule has 0 saturated carbocycles. The van der Waals surface area contributed by atoms with Crippen LogP contribution in [0.15, 0.2) is 0 Å². The van der Waals surface area contributed by atoms with Gasteiger partial charge in [-0.15, -0.1) is 0 Å². The summed E-state index contributed by atoms with van der Waals surface area (Å²) in [7, 11) is 0. The molecule has 1 aromatic heterocycles. The average molecular weight is 185 g/mol. The quantitative estimate of drug-likeness (QED) is 0.323. The van der Waals surface area contributed by atoms with Crippen LogP contribution in [-0.4, -0.2) is 28.4 Å². The van der Waals surface area contributed by atoms with Crippen molar-refractivity contribution in [1.82, 2.24) is 15.0 Å². The molecule has 0 unspecified atom stereocenters. The smallest absolute Gasteiger partial charge is 0.231 e. The Kier molecular flexibility index (Phi) is 3.17. The molecule has 1 heterocycles. The number of aromatic nitrogens is 3. The standard InChI is InChI=1S/C5H11N7O/c6-1-13-2-9-5-11-3(7)10-4(8)12-5/h1-2,6H2,(H5,7,8,9,10,11,12). The highest BCUT2D eigenvalue weighted by molar-refractivity contribution is 5.36. The maximum Gasteiger partial charge on any atom is 0.231 e. The largest absolute Gasteiger partial charge is 0.368 e. The Hall–Kier alpha value is -1.67. The minimum Gasteiger partial charge on any atom is -0.368 e. The monoisotopic (exact) mass is 185 g/mol. The lowest BCUT2D eigenvalue weighted by Gasteiger charge is -2.04. The molecule has 0 atom stereocenters. The molecule has 0 saturated heterocycles. The van der Waals surface area contributed by atoms with Crippen LogP contribution in [-0.2, 0) is 4.74 Å². The maximum atomic E-state index is 5.32. The number of ether oxygens (including phenoxy) is 1. The van der Waals surface area contributed by atoms with Crippen LogP contribution in [0.2, 0.25) is 0 Å². The summed E-state index contributed by atoms with van der Waals surface area (Å²) in [5.74, 6) is 0.379. The van der Waals surface area contributed by atoms with Gasteiger partial charge in [0.2, 0.25) is 17.8 Å². The lowest BCUT2D eigenvalue weighted by atomic mass is 10.8. The number of nitrogen functional groups attached to an aromatic ring is 2. The second-order valence-corrected chi connectivity index (χ2v) is 2.07. The molecule has 0 amide bonds. The van der Waals surface area contributed by atoms with Crippen LogP contribution in [0.1, 0.15) is 0 Å². The molecule has 0 bridgehead atoms. The molecule has 0 aromatic carbocycles. The predicted molar refractivity (Wildman–Crippen MR) is 47.3 cm³/mol. The molecule has 1 aromatic rings. The van der Waals surface area contributed by atoms with Gasteiger partial charge in [-0.1, -0.05) is 0 Å². The molecule has 13 heavy (non-hydrogen) atoms. The van der Waals surface area contributed by atoms with E-state index in [1.54, 1.807) is 0 Å². The molecule has 0 aliphatic heterocycles. The van der Waals surface area contributed by atoms with Crippen molar-refractivity contribution < 1.29 is 4.74 Å². The minimum absolute atomic E-state index is 0.0581. The summed E-state index contributed by atoms with van der Waals surface area (Å²) in [6, 6.07) is 0. The van der Waals surface area contributed by atoms with Crippen LogP contribution in [0.4, 0.5) is 17.8 Å². The summed E-state index contributed by atoms with van der Waals surface area (Å²) in [5, 5.41) is 2.70. The van der Waals surface area contributed by atoms with Crippen molar-refractivity contribution >= 4 is 17.8 Å². The third-order valence-electron chi connectivity index (χ3n) is 1.12. The first-order valence-corrected chi connectivity index (χ1v) is 3.51. The fourth-order valence-electron chi connectivity index (χ4n) is 0.663. The predicted octanol–water partition coefficient (Wildman–Crippen LogP) is -1.66. The Labute approximate surface area is 74.5 Å². The average Bonchev–Trinajstić information content (AvgIpc) is 2.03. The second kappa shape index (κ2) is 4.38. The van der Waals surface area contributed by atoms with Crippen molar-refractivity contribution in [2.75, 3.05) is 30.2 Å². The highest BCUT2D eigenvalue weighted by atomic mass is 16.5. The van der Waals surface area contributed by atoms with E-state index in [9.17, 15) is 0 Å². The van der Waals surface area contributed by atoms with E-state index in [0.717, 1.165) is 0 Å². The molecular formula is C5H11N7O. The third kappa shape index (κ3) is 3.05. The van der Waals surface area contributed by atoms with Crippen molar-refractivity contribution in [3.8, 4) is 0 Å². The van der Waals surface area contributed by atoms with Gasteiger partial charge in [0.15, 0.2) is 0 Å². The van der Waals surface area contributed by atoms with Crippen LogP contribution in [0.3, 0.4) is 0 Å². The summed E-state index contributed by atoms with van der Waals surface area (Å²) >= 11 is 0. The SMILES string of the molecule is NCOCNc1nc(N)nc(N)n1. The summed E-state index contributed by atoms with van der Waals surface area (Å²) in [5.41, 5.74) is 15.7. The molecule has 1 rings (SSSR count). The Bertz CT molecular complexity index is 257. The highest BCUT2D eigenvalue weighted by Gasteiger charge is 1.99. The topological polar surface area (TPSA) is 138 Å². The zero-order valence-corrected chi connectivity index (χ0v) is 6.90. The first kappa shape index (κ1) is 9.42. The Morgan fingerprint density at radius 2 is 1.77 bits per heavy atom. The molecule has 0 radical (unpaired) electrons. The van der Waals surface area contributed by atoms with Crippen molar-refractivity contribution in [2.45, 2.75) is 0 Å². The van der Waals surface area contributed by atoms with Crippen LogP contribution in [0.5, 0.6) is 0 Å². The molecule has 0 aliphatic carbocycles. The first-order valence-electron chi connectivity index (χ1n) is 3.51. The van der Waals surface area contributed by atoms with E-state index in [2.05, 4.69) is 20.3 Å². The van der Waals surface area contributed by atoms with Crippen LogP contribution in [0.25, 0.3) is 0 Å². The van der Waals surface area contributed by atoms with Crippen molar-refractivity contribution in [2.24, 2.45) is 5.73 Å². The summed E-state index contributed by atoms with van der Waals surface area (Å²) in [4.78, 5) is 11.1. The first-order chi connectivity index (χ1) is 6.22. The van der Waals surface area contributed by atoms with E-state index in [0.29, 0.717) is 0 Å². The van der Waals surface area contributed by atoms with E-state index in [-0.39, 0.29) is 31.3 Å². The van der Waals surface area contributed by atoms with Gasteiger partial charge in [0.1, 0.15) is 6.73 Å². The molecule has 0 aliphatic rings. The second-order valence-electron chi connectivity index (χ2n) is 2.07. The van der Waals surface area contributed by atoms with Crippen LogP contribution in [0, 0.1) is 0 Å². The Balaban J connectivity index is 2.56. The van der Waals surface area contributed by atoms with E-state index >= 15 is 0 Å². The Morgan fingerprint density at radius 1 is 1.15 bits per heavy atom. The number of hydrogen-bond donors (Lipinski definition) is 4. The molecular weight excluding hydrogens is 174 g/mol. The zero-order valence-electron chi connectivity index (χ0n) is 6.90. The summed E-state index contributed by atoms with van der Waals surface area (Å²) in [6.07, 6.45) is 0. The van der Waals surface area contributed by atoms with Gasteiger partial charge in [-0.2, -0.15) is 15.0 Å². The van der Waals surface area contributed by atoms with Gasteiger partial charge in [-0.3, -0.25) is 0 Å². The summed E-state index contributed by atoms with van der Waals surface area (Å²) in [6.45, 7) is 0.308. The van der Waals surface area contributed by atoms with E-state index in [1.807, 2.05) is 0 Å². The van der Waals surface area contributed by atoms with Gasteiger partial charge in [0.25, 0.3) is 0 Å². The molecule has 8 heteroatoms. The van der Waals surface area contributed by atoms with E-state index < -0.39 is 0 Å². The van der Waals surface area contributed by atoms with Crippen LogP contribution < -0.4 is 22.5 Å². The zero-order chi connectivity index (χ0) is 9.68. The molecule has 0 fully saturated rings. The number of rotatable bonds is 4. The lowest BCUT2D eigenvalue weighted by molar-refractivity contribution is 0.159. The maximum absolute atomic E-state index is 5.32. The summed E-state index contributed by atoms with van der Waals surface area (Å²) < 4.78 is 4.80. The van der Waals surface area contributed by atoms with Gasteiger partial charge < -0.3 is 27.3 Å². The lowest BCUT2D eigenvalue weighted by Crippen LogP contribution is -2.15. The molecule has 8 nitrogen and oxygen atoms in total. The fourth-order valence-corrected chi connectivity index (χ4v) is 0.663. The van der Waals surface area contributed by atoms with Gasteiger partial charge >= 0.3 is 0 Å². The van der Waals surface area contributed by atoms with Crippen molar-refractivity contribution in [3.63, 3.8) is 0 Å². The number of anilines is 3. The van der Waals surface area contributed by atoms with Crippen molar-refractivity contribution in [3.05, 3.63) is 0 Å². The molecule has 7 N–H and O–H groups in total.